The average molecular weight is 541 g/mol. The highest BCUT2D eigenvalue weighted by Crippen LogP contribution is 2.52. The number of nitrogens with zero attached hydrogens (tertiary/aromatic N) is 2. The molecule has 0 amide bonds. The smallest absolute Gasteiger partial charge is 0.461 e. The predicted molar refractivity (Wildman–Crippen MR) is 124 cm³/mol. The van der Waals surface area contributed by atoms with Crippen LogP contribution in [0.3, 0.4) is 0 Å². The molecule has 1 aliphatic rings. The zero-order valence-electron chi connectivity index (χ0n) is 20.0. The number of hydrogen-bond acceptors (Lipinski definition) is 11. The molecular weight excluding hydrogens is 516 g/mol. The normalized spacial score (nSPS) is 25.7. The number of rotatable bonds is 10. The lowest BCUT2D eigenvalue weighted by molar-refractivity contribution is -0.156. The number of aromatic amines is 1. The summed E-state index contributed by atoms with van der Waals surface area (Å²) < 4.78 is 55.8. The quantitative estimate of drug-likeness (QED) is 0.251. The summed E-state index contributed by atoms with van der Waals surface area (Å²) in [5, 5.41) is 14.1. The maximum atomic E-state index is 15.6. The highest BCUT2D eigenvalue weighted by molar-refractivity contribution is 7.49. The molecule has 6 atom stereocenters. The van der Waals surface area contributed by atoms with Crippen LogP contribution in [0.4, 0.5) is 4.39 Å². The van der Waals surface area contributed by atoms with Gasteiger partial charge in [0, 0.05) is 0 Å². The van der Waals surface area contributed by atoms with Crippen molar-refractivity contribution in [3.05, 3.63) is 57.4 Å². The number of carbonyl (C=O) groups excluding carboxylic acids is 1. The number of aliphatic hydroxyl groups excluding tert-OH is 1. The van der Waals surface area contributed by atoms with E-state index in [0.29, 0.717) is 10.9 Å². The molecule has 1 aromatic carbocycles. The molecule has 2 heterocycles. The number of benzene rings is 1. The topological polar surface area (TPSA) is 168 Å². The molecule has 0 aliphatic carbocycles. The van der Waals surface area contributed by atoms with E-state index < -0.39 is 68.0 Å². The lowest BCUT2D eigenvalue weighted by Crippen LogP contribution is -2.46. The lowest BCUT2D eigenvalue weighted by atomic mass is 9.97. The van der Waals surface area contributed by atoms with Crippen LogP contribution in [0.25, 0.3) is 0 Å². The maximum absolute atomic E-state index is 15.6. The Kier molecular flexibility index (Phi) is 8.68. The largest absolute Gasteiger partial charge is 0.530 e. The highest BCUT2D eigenvalue weighted by atomic mass is 31.2. The van der Waals surface area contributed by atoms with Gasteiger partial charge in [0.05, 0.1) is 12.7 Å². The number of halogens is 1. The molecule has 1 aromatic heterocycles. The molecule has 13 nitrogen and oxygen atoms in total. The number of hydrogen-bond donors (Lipinski definition) is 2. The van der Waals surface area contributed by atoms with Crippen LogP contribution < -0.4 is 15.8 Å². The molecule has 0 radical (unpaired) electrons. The third-order valence-electron chi connectivity index (χ3n) is 4.95. The van der Waals surface area contributed by atoms with Crippen LogP contribution in [0.15, 0.2) is 46.1 Å². The summed E-state index contributed by atoms with van der Waals surface area (Å²) in [4.78, 5) is 37.5. The molecule has 0 saturated carbocycles. The molecule has 3 rings (SSSR count). The molecule has 2 unspecified atom stereocenters. The molecule has 2 aromatic rings. The second-order valence-corrected chi connectivity index (χ2v) is 9.69. The van der Waals surface area contributed by atoms with E-state index in [2.05, 4.69) is 5.10 Å². The Bertz CT molecular complexity index is 1310. The molecule has 2 N–H and O–H groups in total. The second-order valence-electron chi connectivity index (χ2n) is 8.15. The van der Waals surface area contributed by atoms with Crippen LogP contribution >= 0.6 is 7.82 Å². The second kappa shape index (κ2) is 11.4. The molecule has 37 heavy (non-hydrogen) atoms. The number of carbonyl (C=O) groups is 1. The van der Waals surface area contributed by atoms with Crippen molar-refractivity contribution in [1.29, 1.82) is 0 Å². The number of esters is 1. The van der Waals surface area contributed by atoms with Crippen LogP contribution in [0.5, 0.6) is 5.75 Å². The summed E-state index contributed by atoms with van der Waals surface area (Å²) >= 11 is 0. The van der Waals surface area contributed by atoms with Gasteiger partial charge in [0.1, 0.15) is 24.2 Å². The Morgan fingerprint density at radius 2 is 2.03 bits per heavy atom. The SMILES string of the molecule is C#CC1(F)[C@@H](O)[C@@H](COP(=O)(Oc2ccccc2)O[C@@H](C)C(=O)OC(C)C)O[C@H]1n1ncc(=O)[nH]c1=O. The van der Waals surface area contributed by atoms with Gasteiger partial charge >= 0.3 is 19.5 Å². The van der Waals surface area contributed by atoms with Gasteiger partial charge in [-0.15, -0.1) is 6.42 Å². The number of terminal acetylenes is 1. The van der Waals surface area contributed by atoms with Gasteiger partial charge in [0.25, 0.3) is 5.56 Å². The van der Waals surface area contributed by atoms with E-state index in [9.17, 15) is 24.1 Å². The third-order valence-corrected chi connectivity index (χ3v) is 6.43. The van der Waals surface area contributed by atoms with Crippen LogP contribution in [-0.4, -0.2) is 62.5 Å². The number of ether oxygens (including phenoxy) is 2. The molecular formula is C22H25FN3O10P. The number of aromatic nitrogens is 3. The lowest BCUT2D eigenvalue weighted by Gasteiger charge is -2.24. The molecule has 15 heteroatoms. The Morgan fingerprint density at radius 3 is 2.62 bits per heavy atom. The molecule has 1 saturated heterocycles. The number of phosphoric ester groups is 1. The van der Waals surface area contributed by atoms with Crippen molar-refractivity contribution in [2.24, 2.45) is 0 Å². The fourth-order valence-electron chi connectivity index (χ4n) is 3.23. The van der Waals surface area contributed by atoms with Crippen LogP contribution in [0, 0.1) is 12.3 Å². The van der Waals surface area contributed by atoms with E-state index in [1.807, 2.05) is 4.98 Å². The Labute approximate surface area is 210 Å². The van der Waals surface area contributed by atoms with Gasteiger partial charge in [0.2, 0.25) is 11.9 Å². The van der Waals surface area contributed by atoms with Crippen molar-refractivity contribution < 1.29 is 41.9 Å². The number of para-hydroxylation sites is 1. The standard InChI is InChI=1S/C22H25FN3O10P/c1-5-22(23)18(28)16(34-20(22)26-21(30)25-17(27)11-24-26)12-32-37(31,36-15-9-7-6-8-10-15)35-14(4)19(29)33-13(2)3/h1,6-11,13-14,16,18,20,28H,12H2,2-4H3,(H,25,27,30)/t14-,16+,18-,20+,22?,37?/m0/s1. The van der Waals surface area contributed by atoms with Crippen molar-refractivity contribution in [3.8, 4) is 18.1 Å². The Hall–Kier alpha value is -3.34. The molecule has 1 fully saturated rings. The fraction of sp³-hybridized carbons (Fsp3) is 0.455. The fourth-order valence-corrected chi connectivity index (χ4v) is 4.57. The zero-order valence-corrected chi connectivity index (χ0v) is 20.9. The van der Waals surface area contributed by atoms with Gasteiger partial charge in [-0.3, -0.25) is 18.8 Å². The number of nitrogens with one attached hydrogen (secondary N) is 1. The number of alkyl halides is 1. The van der Waals surface area contributed by atoms with Crippen LogP contribution in [-0.2, 0) is 27.9 Å². The van der Waals surface area contributed by atoms with Crippen molar-refractivity contribution in [2.75, 3.05) is 6.61 Å². The van der Waals surface area contributed by atoms with Crippen molar-refractivity contribution in [3.63, 3.8) is 0 Å². The maximum Gasteiger partial charge on any atom is 0.530 e. The first-order chi connectivity index (χ1) is 17.4. The van der Waals surface area contributed by atoms with Gasteiger partial charge in [0.15, 0.2) is 6.10 Å². The van der Waals surface area contributed by atoms with E-state index >= 15 is 4.39 Å². The predicted octanol–water partition coefficient (Wildman–Crippen LogP) is 1.09. The minimum atomic E-state index is -4.63. The van der Waals surface area contributed by atoms with E-state index in [1.165, 1.54) is 19.1 Å². The van der Waals surface area contributed by atoms with E-state index in [4.69, 9.17) is 29.5 Å². The summed E-state index contributed by atoms with van der Waals surface area (Å²) in [7, 11) is -4.63. The van der Waals surface area contributed by atoms with Crippen molar-refractivity contribution in [2.45, 2.75) is 57.1 Å². The summed E-state index contributed by atoms with van der Waals surface area (Å²) in [6.07, 6.45) is -1.62. The van der Waals surface area contributed by atoms with Gasteiger partial charge in [-0.05, 0) is 32.9 Å². The van der Waals surface area contributed by atoms with Gasteiger partial charge in [-0.25, -0.2) is 18.5 Å². The van der Waals surface area contributed by atoms with Crippen LogP contribution in [0.2, 0.25) is 0 Å². The van der Waals surface area contributed by atoms with Crippen LogP contribution in [0.1, 0.15) is 27.0 Å². The minimum absolute atomic E-state index is 0.0495. The zero-order chi connectivity index (χ0) is 27.4. The molecule has 0 spiro atoms. The Balaban J connectivity index is 1.84. The summed E-state index contributed by atoms with van der Waals surface area (Å²) in [5.41, 5.74) is -5.00. The van der Waals surface area contributed by atoms with E-state index in [0.717, 1.165) is 0 Å². The summed E-state index contributed by atoms with van der Waals surface area (Å²) in [6, 6.07) is 7.69. The summed E-state index contributed by atoms with van der Waals surface area (Å²) in [5.74, 6) is 0.925. The molecule has 1 aliphatic heterocycles. The van der Waals surface area contributed by atoms with E-state index in [1.54, 1.807) is 38.0 Å². The van der Waals surface area contributed by atoms with Gasteiger partial charge in [-0.1, -0.05) is 24.1 Å². The average Bonchev–Trinajstić information content (AvgIpc) is 3.08. The van der Waals surface area contributed by atoms with Crippen molar-refractivity contribution in [1.82, 2.24) is 14.8 Å². The first-order valence-corrected chi connectivity index (χ1v) is 12.4. The number of aliphatic hydroxyl groups is 1. The minimum Gasteiger partial charge on any atom is -0.461 e. The number of H-pyrrole nitrogens is 1. The van der Waals surface area contributed by atoms with E-state index in [-0.39, 0.29) is 5.75 Å². The monoisotopic (exact) mass is 541 g/mol. The molecule has 200 valence electrons. The third kappa shape index (κ3) is 6.51. The Morgan fingerprint density at radius 1 is 1.35 bits per heavy atom. The first-order valence-electron chi connectivity index (χ1n) is 10.9. The number of phosphoric acid groups is 1. The first kappa shape index (κ1) is 28.2. The highest BCUT2D eigenvalue weighted by Gasteiger charge is 2.59. The van der Waals surface area contributed by atoms with Crippen molar-refractivity contribution >= 4 is 13.8 Å². The van der Waals surface area contributed by atoms with Gasteiger partial charge < -0.3 is 19.1 Å². The van der Waals surface area contributed by atoms with Gasteiger partial charge in [-0.2, -0.15) is 9.78 Å². The summed E-state index contributed by atoms with van der Waals surface area (Å²) in [6.45, 7) is 3.64. The molecule has 0 bridgehead atoms.